The third-order valence-electron chi connectivity index (χ3n) is 4.74. The maximum absolute atomic E-state index is 12.9. The number of nitro groups is 1. The van der Waals surface area contributed by atoms with E-state index in [4.69, 9.17) is 5.14 Å². The van der Waals surface area contributed by atoms with Crippen molar-refractivity contribution in [3.05, 3.63) is 45.3 Å². The number of thiophene rings is 1. The van der Waals surface area contributed by atoms with E-state index in [0.29, 0.717) is 18.0 Å². The van der Waals surface area contributed by atoms with Crippen LogP contribution in [0.4, 0.5) is 11.4 Å². The third-order valence-corrected chi connectivity index (χ3v) is 9.16. The molecule has 0 amide bonds. The van der Waals surface area contributed by atoms with Gasteiger partial charge in [-0.2, -0.15) is 4.31 Å². The van der Waals surface area contributed by atoms with Crippen molar-refractivity contribution >= 4 is 42.8 Å². The van der Waals surface area contributed by atoms with E-state index < -0.39 is 25.0 Å². The van der Waals surface area contributed by atoms with Gasteiger partial charge in [-0.15, -0.1) is 11.3 Å². The van der Waals surface area contributed by atoms with Crippen molar-refractivity contribution < 1.29 is 21.8 Å². The predicted octanol–water partition coefficient (Wildman–Crippen LogP) is 2.48. The summed E-state index contributed by atoms with van der Waals surface area (Å²) < 4.78 is 49.9. The van der Waals surface area contributed by atoms with Gasteiger partial charge in [0.1, 0.15) is 9.90 Å². The van der Waals surface area contributed by atoms with E-state index in [1.165, 1.54) is 22.5 Å². The molecule has 30 heavy (non-hydrogen) atoms. The minimum absolute atomic E-state index is 0.00677. The lowest BCUT2D eigenvalue weighted by Crippen LogP contribution is -2.32. The van der Waals surface area contributed by atoms with Crippen LogP contribution in [-0.4, -0.2) is 39.2 Å². The standard InChI is InChI=1S/C17H22N4O6S3/c18-29(24,25)17-8-5-13(28-17)12-19-15-7-6-14(11-16(15)21(22)23)30(26,27)20-9-3-1-2-4-10-20/h5-8,11,19H,1-4,9-10,12H2,(H2,18,24,25). The molecule has 0 spiro atoms. The minimum Gasteiger partial charge on any atom is -0.375 e. The molecule has 0 bridgehead atoms. The Labute approximate surface area is 179 Å². The van der Waals surface area contributed by atoms with Crippen LogP contribution in [0.15, 0.2) is 39.4 Å². The number of hydrogen-bond acceptors (Lipinski definition) is 8. The van der Waals surface area contributed by atoms with Crippen molar-refractivity contribution in [1.82, 2.24) is 4.31 Å². The fourth-order valence-corrected chi connectivity index (χ4v) is 6.45. The molecular formula is C17H22N4O6S3. The predicted molar refractivity (Wildman–Crippen MR) is 113 cm³/mol. The van der Waals surface area contributed by atoms with Gasteiger partial charge in [-0.05, 0) is 37.1 Å². The number of benzene rings is 1. The van der Waals surface area contributed by atoms with Crippen LogP contribution < -0.4 is 10.5 Å². The Kier molecular flexibility index (Phi) is 6.77. The first kappa shape index (κ1) is 22.6. The van der Waals surface area contributed by atoms with Crippen LogP contribution in [0.2, 0.25) is 0 Å². The van der Waals surface area contributed by atoms with Gasteiger partial charge in [0.25, 0.3) is 5.69 Å². The Morgan fingerprint density at radius 2 is 1.73 bits per heavy atom. The maximum Gasteiger partial charge on any atom is 0.293 e. The number of nitrogens with one attached hydrogen (secondary N) is 1. The number of nitro benzene ring substituents is 1. The molecule has 3 rings (SSSR count). The maximum atomic E-state index is 12.9. The van der Waals surface area contributed by atoms with Crippen LogP contribution in [0.5, 0.6) is 0 Å². The fraction of sp³-hybridized carbons (Fsp3) is 0.412. The highest BCUT2D eigenvalue weighted by Gasteiger charge is 2.28. The van der Waals surface area contributed by atoms with E-state index in [9.17, 15) is 26.9 Å². The molecule has 1 aromatic heterocycles. The van der Waals surface area contributed by atoms with Crippen molar-refractivity contribution in [2.75, 3.05) is 18.4 Å². The molecule has 3 N–H and O–H groups in total. The van der Waals surface area contributed by atoms with Crippen LogP contribution in [0, 0.1) is 10.1 Å². The second-order valence-electron chi connectivity index (χ2n) is 6.87. The highest BCUT2D eigenvalue weighted by Crippen LogP contribution is 2.31. The second kappa shape index (κ2) is 8.98. The normalized spacial score (nSPS) is 16.2. The fourth-order valence-electron chi connectivity index (χ4n) is 3.19. The number of sulfonamides is 2. The average molecular weight is 475 g/mol. The van der Waals surface area contributed by atoms with Crippen LogP contribution in [0.1, 0.15) is 30.6 Å². The van der Waals surface area contributed by atoms with E-state index in [2.05, 4.69) is 5.32 Å². The van der Waals surface area contributed by atoms with Gasteiger partial charge in [-0.3, -0.25) is 10.1 Å². The van der Waals surface area contributed by atoms with Gasteiger partial charge in [0.05, 0.1) is 9.82 Å². The van der Waals surface area contributed by atoms with Crippen molar-refractivity contribution in [2.45, 2.75) is 41.3 Å². The number of anilines is 1. The summed E-state index contributed by atoms with van der Waals surface area (Å²) >= 11 is 0.954. The summed E-state index contributed by atoms with van der Waals surface area (Å²) in [6.45, 7) is 0.932. The highest BCUT2D eigenvalue weighted by atomic mass is 32.2. The van der Waals surface area contributed by atoms with E-state index in [0.717, 1.165) is 43.1 Å². The van der Waals surface area contributed by atoms with E-state index in [1.54, 1.807) is 6.07 Å². The second-order valence-corrected chi connectivity index (χ2v) is 11.8. The Hall–Kier alpha value is -2.06. The lowest BCUT2D eigenvalue weighted by molar-refractivity contribution is -0.384. The number of hydrogen-bond donors (Lipinski definition) is 2. The molecule has 0 radical (unpaired) electrons. The molecule has 1 aliphatic rings. The topological polar surface area (TPSA) is 153 Å². The molecule has 2 heterocycles. The molecular weight excluding hydrogens is 452 g/mol. The Morgan fingerprint density at radius 3 is 2.30 bits per heavy atom. The summed E-state index contributed by atoms with van der Waals surface area (Å²) in [5.74, 6) is 0. The molecule has 1 aromatic carbocycles. The molecule has 164 valence electrons. The summed E-state index contributed by atoms with van der Waals surface area (Å²) in [5.41, 5.74) is -0.227. The molecule has 10 nitrogen and oxygen atoms in total. The number of primary sulfonamides is 1. The van der Waals surface area contributed by atoms with Gasteiger partial charge in [-0.1, -0.05) is 12.8 Å². The van der Waals surface area contributed by atoms with Crippen LogP contribution in [-0.2, 0) is 26.6 Å². The molecule has 1 fully saturated rings. The van der Waals surface area contributed by atoms with Gasteiger partial charge in [0, 0.05) is 30.6 Å². The largest absolute Gasteiger partial charge is 0.375 e. The molecule has 2 aromatic rings. The van der Waals surface area contributed by atoms with Crippen molar-refractivity contribution in [2.24, 2.45) is 5.14 Å². The summed E-state index contributed by atoms with van der Waals surface area (Å²) in [4.78, 5) is 11.4. The first-order chi connectivity index (χ1) is 14.1. The van der Waals surface area contributed by atoms with Gasteiger partial charge < -0.3 is 5.32 Å². The van der Waals surface area contributed by atoms with Gasteiger partial charge in [-0.25, -0.2) is 22.0 Å². The summed E-state index contributed by atoms with van der Waals surface area (Å²) in [6, 6.07) is 6.69. The van der Waals surface area contributed by atoms with Gasteiger partial charge >= 0.3 is 0 Å². The lowest BCUT2D eigenvalue weighted by Gasteiger charge is -2.20. The quantitative estimate of drug-likeness (QED) is 0.462. The van der Waals surface area contributed by atoms with Crippen LogP contribution in [0.3, 0.4) is 0 Å². The SMILES string of the molecule is NS(=O)(=O)c1ccc(CNc2ccc(S(=O)(=O)N3CCCCCC3)cc2[N+](=O)[O-])s1. The number of nitrogens with zero attached hydrogens (tertiary/aromatic N) is 2. The van der Waals surface area contributed by atoms with Crippen molar-refractivity contribution in [1.29, 1.82) is 0 Å². The monoisotopic (exact) mass is 474 g/mol. The summed E-state index contributed by atoms with van der Waals surface area (Å²) in [7, 11) is -7.63. The van der Waals surface area contributed by atoms with Crippen LogP contribution in [0.25, 0.3) is 0 Å². The molecule has 1 saturated heterocycles. The van der Waals surface area contributed by atoms with Crippen molar-refractivity contribution in [3.63, 3.8) is 0 Å². The number of nitrogens with two attached hydrogens (primary N) is 1. The molecule has 13 heteroatoms. The van der Waals surface area contributed by atoms with E-state index in [1.807, 2.05) is 0 Å². The first-order valence-corrected chi connectivity index (χ1v) is 13.0. The Balaban J connectivity index is 1.83. The average Bonchev–Trinajstić information content (AvgIpc) is 2.99. The highest BCUT2D eigenvalue weighted by molar-refractivity contribution is 7.91. The first-order valence-electron chi connectivity index (χ1n) is 9.23. The van der Waals surface area contributed by atoms with E-state index in [-0.39, 0.29) is 27.0 Å². The molecule has 1 aliphatic heterocycles. The van der Waals surface area contributed by atoms with Gasteiger partial charge in [0.2, 0.25) is 20.0 Å². The molecule has 0 atom stereocenters. The summed E-state index contributed by atoms with van der Waals surface area (Å²) in [6.07, 6.45) is 3.46. The lowest BCUT2D eigenvalue weighted by atomic mass is 10.2. The van der Waals surface area contributed by atoms with Crippen molar-refractivity contribution in [3.8, 4) is 0 Å². The molecule has 0 aliphatic carbocycles. The summed E-state index contributed by atoms with van der Waals surface area (Å²) in [5, 5.41) is 19.5. The van der Waals surface area contributed by atoms with Crippen LogP contribution >= 0.6 is 11.3 Å². The van der Waals surface area contributed by atoms with Gasteiger partial charge in [0.15, 0.2) is 0 Å². The third kappa shape index (κ3) is 5.16. The van der Waals surface area contributed by atoms with E-state index >= 15 is 0 Å². The smallest absolute Gasteiger partial charge is 0.293 e. The zero-order valence-corrected chi connectivity index (χ0v) is 18.4. The Bertz CT molecular complexity index is 1140. The zero-order chi connectivity index (χ0) is 21.9. The molecule has 0 saturated carbocycles. The molecule has 0 unspecified atom stereocenters. The number of rotatable bonds is 7. The minimum atomic E-state index is -3.82. The Morgan fingerprint density at radius 1 is 1.07 bits per heavy atom. The zero-order valence-electron chi connectivity index (χ0n) is 16.0.